The summed E-state index contributed by atoms with van der Waals surface area (Å²) in [7, 11) is 0. The van der Waals surface area contributed by atoms with E-state index >= 15 is 0 Å². The van der Waals surface area contributed by atoms with Crippen molar-refractivity contribution in [3.05, 3.63) is 35.6 Å². The van der Waals surface area contributed by atoms with Crippen molar-refractivity contribution in [3.63, 3.8) is 0 Å². The van der Waals surface area contributed by atoms with Crippen molar-refractivity contribution >= 4 is 0 Å². The number of nitrogens with zero attached hydrogens (tertiary/aromatic N) is 2. The molecule has 2 aliphatic rings. The Bertz CT molecular complexity index is 431. The molecule has 0 unspecified atom stereocenters. The summed E-state index contributed by atoms with van der Waals surface area (Å²) in [4.78, 5) is 5.27. The maximum absolute atomic E-state index is 12.9. The van der Waals surface area contributed by atoms with E-state index in [1.165, 1.54) is 76.9 Å². The SMILES string of the molecule is Fc1ccc(CC2CCN(CCN3CCCCC3)CC2)cc1. The molecule has 0 aliphatic carbocycles. The van der Waals surface area contributed by atoms with Crippen molar-refractivity contribution in [1.82, 2.24) is 9.80 Å². The molecule has 2 fully saturated rings. The molecule has 2 saturated heterocycles. The average molecular weight is 304 g/mol. The van der Waals surface area contributed by atoms with Crippen molar-refractivity contribution < 1.29 is 4.39 Å². The van der Waals surface area contributed by atoms with Gasteiger partial charge in [0.05, 0.1) is 0 Å². The van der Waals surface area contributed by atoms with Crippen molar-refractivity contribution in [2.24, 2.45) is 5.92 Å². The van der Waals surface area contributed by atoms with Crippen molar-refractivity contribution in [1.29, 1.82) is 0 Å². The Morgan fingerprint density at radius 3 is 2.05 bits per heavy atom. The van der Waals surface area contributed by atoms with Crippen LogP contribution in [0.25, 0.3) is 0 Å². The van der Waals surface area contributed by atoms with E-state index < -0.39 is 0 Å². The summed E-state index contributed by atoms with van der Waals surface area (Å²) in [6.45, 7) is 7.58. The Morgan fingerprint density at radius 2 is 1.41 bits per heavy atom. The van der Waals surface area contributed by atoms with E-state index in [9.17, 15) is 4.39 Å². The smallest absolute Gasteiger partial charge is 0.123 e. The van der Waals surface area contributed by atoms with Gasteiger partial charge in [-0.15, -0.1) is 0 Å². The van der Waals surface area contributed by atoms with Gasteiger partial charge in [0.2, 0.25) is 0 Å². The van der Waals surface area contributed by atoms with Gasteiger partial charge in [-0.25, -0.2) is 4.39 Å². The van der Waals surface area contributed by atoms with Crippen LogP contribution in [0.15, 0.2) is 24.3 Å². The predicted octanol–water partition coefficient (Wildman–Crippen LogP) is 3.57. The topological polar surface area (TPSA) is 6.48 Å². The summed E-state index contributed by atoms with van der Waals surface area (Å²) in [5, 5.41) is 0. The summed E-state index contributed by atoms with van der Waals surface area (Å²) >= 11 is 0. The fourth-order valence-electron chi connectivity index (χ4n) is 3.83. The molecule has 0 spiro atoms. The zero-order chi connectivity index (χ0) is 15.2. The van der Waals surface area contributed by atoms with Gasteiger partial charge in [-0.05, 0) is 81.9 Å². The Kier molecular flexibility index (Phi) is 5.85. The highest BCUT2D eigenvalue weighted by Crippen LogP contribution is 2.22. The summed E-state index contributed by atoms with van der Waals surface area (Å²) in [6.07, 6.45) is 7.89. The maximum atomic E-state index is 12.9. The molecule has 1 aromatic carbocycles. The first kappa shape index (κ1) is 15.9. The minimum absolute atomic E-state index is 0.128. The molecule has 1 aromatic rings. The molecule has 0 N–H and O–H groups in total. The van der Waals surface area contributed by atoms with Crippen molar-refractivity contribution in [2.45, 2.75) is 38.5 Å². The molecule has 0 saturated carbocycles. The zero-order valence-electron chi connectivity index (χ0n) is 13.6. The Balaban J connectivity index is 1.36. The van der Waals surface area contributed by atoms with Crippen molar-refractivity contribution in [3.8, 4) is 0 Å². The number of halogens is 1. The van der Waals surface area contributed by atoms with Gasteiger partial charge in [-0.2, -0.15) is 0 Å². The molecule has 22 heavy (non-hydrogen) atoms. The minimum Gasteiger partial charge on any atom is -0.302 e. The highest BCUT2D eigenvalue weighted by atomic mass is 19.1. The molecule has 0 atom stereocenters. The van der Waals surface area contributed by atoms with Crippen LogP contribution >= 0.6 is 0 Å². The number of hydrogen-bond acceptors (Lipinski definition) is 2. The summed E-state index contributed by atoms with van der Waals surface area (Å²) in [5.41, 5.74) is 1.29. The lowest BCUT2D eigenvalue weighted by Gasteiger charge is -2.34. The van der Waals surface area contributed by atoms with E-state index in [4.69, 9.17) is 0 Å². The molecule has 2 heterocycles. The third-order valence-electron chi connectivity index (χ3n) is 5.33. The molecule has 0 bridgehead atoms. The molecule has 2 aliphatic heterocycles. The molecule has 0 amide bonds. The van der Waals surface area contributed by atoms with E-state index in [0.717, 1.165) is 12.3 Å². The predicted molar refractivity (Wildman–Crippen MR) is 89.6 cm³/mol. The van der Waals surface area contributed by atoms with Crippen LogP contribution in [-0.4, -0.2) is 49.1 Å². The van der Waals surface area contributed by atoms with Gasteiger partial charge >= 0.3 is 0 Å². The monoisotopic (exact) mass is 304 g/mol. The number of rotatable bonds is 5. The van der Waals surface area contributed by atoms with Crippen LogP contribution < -0.4 is 0 Å². The summed E-state index contributed by atoms with van der Waals surface area (Å²) < 4.78 is 12.9. The van der Waals surface area contributed by atoms with Crippen LogP contribution in [0.5, 0.6) is 0 Å². The van der Waals surface area contributed by atoms with Crippen LogP contribution in [0.4, 0.5) is 4.39 Å². The van der Waals surface area contributed by atoms with Crippen molar-refractivity contribution in [2.75, 3.05) is 39.3 Å². The molecule has 3 heteroatoms. The van der Waals surface area contributed by atoms with Gasteiger partial charge in [0.15, 0.2) is 0 Å². The number of likely N-dealkylation sites (tertiary alicyclic amines) is 2. The van der Waals surface area contributed by atoms with E-state index in [2.05, 4.69) is 9.80 Å². The van der Waals surface area contributed by atoms with Crippen LogP contribution in [0.2, 0.25) is 0 Å². The largest absolute Gasteiger partial charge is 0.302 e. The van der Waals surface area contributed by atoms with Crippen LogP contribution in [-0.2, 0) is 6.42 Å². The maximum Gasteiger partial charge on any atom is 0.123 e. The van der Waals surface area contributed by atoms with Gasteiger partial charge in [-0.1, -0.05) is 18.6 Å². The Hall–Kier alpha value is -0.930. The quantitative estimate of drug-likeness (QED) is 0.820. The van der Waals surface area contributed by atoms with Gasteiger partial charge in [0.1, 0.15) is 5.82 Å². The molecule has 3 rings (SSSR count). The molecular weight excluding hydrogens is 275 g/mol. The van der Waals surface area contributed by atoms with E-state index in [-0.39, 0.29) is 5.82 Å². The number of piperidine rings is 2. The third kappa shape index (κ3) is 4.79. The number of benzene rings is 1. The first-order valence-electron chi connectivity index (χ1n) is 8.99. The second-order valence-corrected chi connectivity index (χ2v) is 7.02. The highest BCUT2D eigenvalue weighted by Gasteiger charge is 2.20. The van der Waals surface area contributed by atoms with Gasteiger partial charge < -0.3 is 9.80 Å². The Morgan fingerprint density at radius 1 is 0.818 bits per heavy atom. The van der Waals surface area contributed by atoms with Gasteiger partial charge in [0.25, 0.3) is 0 Å². The van der Waals surface area contributed by atoms with Crippen LogP contribution in [0.3, 0.4) is 0 Å². The Labute approximate surface area is 134 Å². The van der Waals surface area contributed by atoms with E-state index in [0.29, 0.717) is 0 Å². The second-order valence-electron chi connectivity index (χ2n) is 7.02. The minimum atomic E-state index is -0.128. The second kappa shape index (κ2) is 8.07. The lowest BCUT2D eigenvalue weighted by atomic mass is 9.90. The van der Waals surface area contributed by atoms with Gasteiger partial charge in [-0.3, -0.25) is 0 Å². The first-order valence-corrected chi connectivity index (χ1v) is 8.99. The first-order chi connectivity index (χ1) is 10.8. The summed E-state index contributed by atoms with van der Waals surface area (Å²) in [6, 6.07) is 7.06. The van der Waals surface area contributed by atoms with Crippen LogP contribution in [0, 0.1) is 11.7 Å². The average Bonchev–Trinajstić information content (AvgIpc) is 2.57. The molecule has 0 aromatic heterocycles. The zero-order valence-corrected chi connectivity index (χ0v) is 13.6. The lowest BCUT2D eigenvalue weighted by Crippen LogP contribution is -2.41. The highest BCUT2D eigenvalue weighted by molar-refractivity contribution is 5.16. The standard InChI is InChI=1S/C19H29FN2/c20-19-6-4-17(5-7-19)16-18-8-12-22(13-9-18)15-14-21-10-2-1-3-11-21/h4-7,18H,1-3,8-16H2. The number of hydrogen-bond donors (Lipinski definition) is 0. The summed E-state index contributed by atoms with van der Waals surface area (Å²) in [5.74, 6) is 0.646. The fraction of sp³-hybridized carbons (Fsp3) is 0.684. The fourth-order valence-corrected chi connectivity index (χ4v) is 3.83. The molecule has 122 valence electrons. The molecule has 2 nitrogen and oxygen atoms in total. The lowest BCUT2D eigenvalue weighted by molar-refractivity contribution is 0.145. The van der Waals surface area contributed by atoms with Crippen LogP contribution in [0.1, 0.15) is 37.7 Å². The van der Waals surface area contributed by atoms with E-state index in [1.807, 2.05) is 12.1 Å². The normalized spacial score (nSPS) is 22.0. The van der Waals surface area contributed by atoms with Gasteiger partial charge in [0, 0.05) is 13.1 Å². The van der Waals surface area contributed by atoms with E-state index in [1.54, 1.807) is 12.1 Å². The molecular formula is C19H29FN2. The third-order valence-corrected chi connectivity index (χ3v) is 5.33. The molecule has 0 radical (unpaired) electrons.